The van der Waals surface area contributed by atoms with Crippen molar-refractivity contribution in [2.45, 2.75) is 70.3 Å². The summed E-state index contributed by atoms with van der Waals surface area (Å²) in [5, 5.41) is 14.5. The SMILES string of the molecule is CC1(C)OB(c2ccc(-c3cnn(C4CCCC4O)c3)cc2)OC1(C)C. The Hall–Kier alpha value is -1.63. The highest BCUT2D eigenvalue weighted by Gasteiger charge is 2.51. The number of aliphatic hydroxyl groups excluding tert-OH is 1. The summed E-state index contributed by atoms with van der Waals surface area (Å²) in [6.07, 6.45) is 6.53. The molecule has 2 fully saturated rings. The first-order valence-electron chi connectivity index (χ1n) is 9.45. The lowest BCUT2D eigenvalue weighted by molar-refractivity contribution is 0.00578. The van der Waals surface area contributed by atoms with Crippen molar-refractivity contribution in [3.05, 3.63) is 36.7 Å². The summed E-state index contributed by atoms with van der Waals surface area (Å²) in [5.74, 6) is 0. The molecule has 138 valence electrons. The monoisotopic (exact) mass is 354 g/mol. The molecule has 0 bridgehead atoms. The van der Waals surface area contributed by atoms with Gasteiger partial charge in [0, 0.05) is 11.8 Å². The van der Waals surface area contributed by atoms with Gasteiger partial charge in [-0.15, -0.1) is 0 Å². The molecule has 1 saturated heterocycles. The van der Waals surface area contributed by atoms with Crippen LogP contribution in [0.2, 0.25) is 0 Å². The average Bonchev–Trinajstić information content (AvgIpc) is 3.26. The summed E-state index contributed by atoms with van der Waals surface area (Å²) in [7, 11) is -0.342. The maximum atomic E-state index is 10.1. The zero-order chi connectivity index (χ0) is 18.5. The quantitative estimate of drug-likeness (QED) is 0.862. The van der Waals surface area contributed by atoms with Crippen molar-refractivity contribution in [2.75, 3.05) is 0 Å². The lowest BCUT2D eigenvalue weighted by Gasteiger charge is -2.32. The molecule has 2 atom stereocenters. The van der Waals surface area contributed by atoms with Crippen LogP contribution >= 0.6 is 0 Å². The van der Waals surface area contributed by atoms with E-state index in [9.17, 15) is 5.11 Å². The Morgan fingerprint density at radius 3 is 2.27 bits per heavy atom. The van der Waals surface area contributed by atoms with E-state index in [2.05, 4.69) is 57.1 Å². The van der Waals surface area contributed by atoms with E-state index in [1.165, 1.54) is 0 Å². The molecule has 1 aromatic heterocycles. The minimum Gasteiger partial charge on any atom is -0.399 e. The fraction of sp³-hybridized carbons (Fsp3) is 0.550. The number of benzene rings is 1. The molecule has 1 saturated carbocycles. The molecule has 1 aliphatic heterocycles. The molecule has 1 N–H and O–H groups in total. The van der Waals surface area contributed by atoms with E-state index in [1.54, 1.807) is 0 Å². The van der Waals surface area contributed by atoms with Crippen LogP contribution in [0.15, 0.2) is 36.7 Å². The van der Waals surface area contributed by atoms with Crippen molar-refractivity contribution >= 4 is 12.6 Å². The molecule has 4 rings (SSSR count). The molecular formula is C20H27BN2O3. The van der Waals surface area contributed by atoms with E-state index in [1.807, 2.05) is 17.1 Å². The van der Waals surface area contributed by atoms with Crippen LogP contribution in [0.5, 0.6) is 0 Å². The van der Waals surface area contributed by atoms with Gasteiger partial charge < -0.3 is 14.4 Å². The van der Waals surface area contributed by atoms with Crippen LogP contribution < -0.4 is 5.46 Å². The maximum Gasteiger partial charge on any atom is 0.494 e. The molecule has 2 unspecified atom stereocenters. The highest BCUT2D eigenvalue weighted by molar-refractivity contribution is 6.62. The van der Waals surface area contributed by atoms with Gasteiger partial charge in [0.25, 0.3) is 0 Å². The molecule has 5 nitrogen and oxygen atoms in total. The second-order valence-corrected chi connectivity index (χ2v) is 8.48. The van der Waals surface area contributed by atoms with Gasteiger partial charge in [-0.1, -0.05) is 24.3 Å². The third kappa shape index (κ3) is 3.00. The van der Waals surface area contributed by atoms with Crippen molar-refractivity contribution in [3.8, 4) is 11.1 Å². The standard InChI is InChI=1S/C20H27BN2O3/c1-19(2)20(3,4)26-21(25-19)16-10-8-14(9-11-16)15-12-22-23(13-15)17-6-5-7-18(17)24/h8-13,17-18,24H,5-7H2,1-4H3. The molecule has 2 aliphatic rings. The summed E-state index contributed by atoms with van der Waals surface area (Å²) >= 11 is 0. The molecular weight excluding hydrogens is 327 g/mol. The first-order valence-corrected chi connectivity index (χ1v) is 9.45. The Morgan fingerprint density at radius 2 is 1.69 bits per heavy atom. The fourth-order valence-corrected chi connectivity index (χ4v) is 3.71. The molecule has 0 spiro atoms. The Kier molecular flexibility index (Phi) is 4.25. The van der Waals surface area contributed by atoms with Crippen LogP contribution in [0.3, 0.4) is 0 Å². The zero-order valence-electron chi connectivity index (χ0n) is 16.0. The lowest BCUT2D eigenvalue weighted by atomic mass is 9.78. The predicted molar refractivity (Wildman–Crippen MR) is 102 cm³/mol. The minimum atomic E-state index is -0.342. The first kappa shape index (κ1) is 17.8. The lowest BCUT2D eigenvalue weighted by Crippen LogP contribution is -2.41. The highest BCUT2D eigenvalue weighted by atomic mass is 16.7. The van der Waals surface area contributed by atoms with E-state index < -0.39 is 0 Å². The topological polar surface area (TPSA) is 56.5 Å². The van der Waals surface area contributed by atoms with Crippen molar-refractivity contribution in [3.63, 3.8) is 0 Å². The Morgan fingerprint density at radius 1 is 1.04 bits per heavy atom. The van der Waals surface area contributed by atoms with Gasteiger partial charge in [-0.25, -0.2) is 0 Å². The van der Waals surface area contributed by atoms with Crippen molar-refractivity contribution < 1.29 is 14.4 Å². The molecule has 2 aromatic rings. The van der Waals surface area contributed by atoms with Crippen LogP contribution in [0.1, 0.15) is 53.0 Å². The fourth-order valence-electron chi connectivity index (χ4n) is 3.71. The molecule has 26 heavy (non-hydrogen) atoms. The summed E-state index contributed by atoms with van der Waals surface area (Å²) in [6, 6.07) is 8.37. The summed E-state index contributed by atoms with van der Waals surface area (Å²) in [5.41, 5.74) is 2.51. The first-order chi connectivity index (χ1) is 12.3. The third-order valence-electron chi connectivity index (χ3n) is 6.15. The van der Waals surface area contributed by atoms with E-state index in [4.69, 9.17) is 9.31 Å². The molecule has 6 heteroatoms. The van der Waals surface area contributed by atoms with Crippen molar-refractivity contribution in [1.29, 1.82) is 0 Å². The van der Waals surface area contributed by atoms with Gasteiger partial charge in [0.05, 0.1) is 29.5 Å². The Balaban J connectivity index is 1.51. The van der Waals surface area contributed by atoms with E-state index >= 15 is 0 Å². The van der Waals surface area contributed by atoms with Crippen molar-refractivity contribution in [2.24, 2.45) is 0 Å². The van der Waals surface area contributed by atoms with Crippen LogP contribution in [0.4, 0.5) is 0 Å². The van der Waals surface area contributed by atoms with E-state index in [0.29, 0.717) is 0 Å². The van der Waals surface area contributed by atoms with Gasteiger partial charge in [-0.2, -0.15) is 5.10 Å². The molecule has 2 heterocycles. The summed E-state index contributed by atoms with van der Waals surface area (Å²) in [6.45, 7) is 8.25. The number of aromatic nitrogens is 2. The van der Waals surface area contributed by atoms with Gasteiger partial charge in [-0.05, 0) is 58.0 Å². The second kappa shape index (κ2) is 6.22. The number of hydrogen-bond donors (Lipinski definition) is 1. The smallest absolute Gasteiger partial charge is 0.399 e. The van der Waals surface area contributed by atoms with Gasteiger partial charge in [0.2, 0.25) is 0 Å². The minimum absolute atomic E-state index is 0.104. The van der Waals surface area contributed by atoms with Crippen LogP contribution in [0, 0.1) is 0 Å². The maximum absolute atomic E-state index is 10.1. The van der Waals surface area contributed by atoms with Crippen LogP contribution in [0.25, 0.3) is 11.1 Å². The third-order valence-corrected chi connectivity index (χ3v) is 6.15. The van der Waals surface area contributed by atoms with Gasteiger partial charge in [0.15, 0.2) is 0 Å². The largest absolute Gasteiger partial charge is 0.494 e. The highest BCUT2D eigenvalue weighted by Crippen LogP contribution is 2.36. The summed E-state index contributed by atoms with van der Waals surface area (Å²) in [4.78, 5) is 0. The second-order valence-electron chi connectivity index (χ2n) is 8.48. The number of hydrogen-bond acceptors (Lipinski definition) is 4. The van der Waals surface area contributed by atoms with Crippen LogP contribution in [-0.2, 0) is 9.31 Å². The molecule has 0 amide bonds. The number of nitrogens with zero attached hydrogens (tertiary/aromatic N) is 2. The van der Waals surface area contributed by atoms with Gasteiger partial charge in [-0.3, -0.25) is 4.68 Å². The average molecular weight is 354 g/mol. The van der Waals surface area contributed by atoms with Gasteiger partial charge >= 0.3 is 7.12 Å². The Labute approximate surface area is 155 Å². The van der Waals surface area contributed by atoms with E-state index in [-0.39, 0.29) is 30.5 Å². The number of aliphatic hydroxyl groups is 1. The van der Waals surface area contributed by atoms with Crippen molar-refractivity contribution in [1.82, 2.24) is 9.78 Å². The van der Waals surface area contributed by atoms with Crippen LogP contribution in [-0.4, -0.2) is 39.3 Å². The predicted octanol–water partition coefficient (Wildman–Crippen LogP) is 2.94. The van der Waals surface area contributed by atoms with E-state index in [0.717, 1.165) is 35.9 Å². The molecule has 1 aromatic carbocycles. The summed E-state index contributed by atoms with van der Waals surface area (Å²) < 4.78 is 14.1. The Bertz CT molecular complexity index is 769. The molecule has 1 aliphatic carbocycles. The molecule has 0 radical (unpaired) electrons. The van der Waals surface area contributed by atoms with Gasteiger partial charge in [0.1, 0.15) is 0 Å². The zero-order valence-corrected chi connectivity index (χ0v) is 16.0. The normalized spacial score (nSPS) is 27.2. The number of rotatable bonds is 3.